The second kappa shape index (κ2) is 6.90. The average molecular weight is 301 g/mol. The Morgan fingerprint density at radius 2 is 2.00 bits per heavy atom. The van der Waals surface area contributed by atoms with E-state index >= 15 is 0 Å². The van der Waals surface area contributed by atoms with Gasteiger partial charge in [0.05, 0.1) is 6.61 Å². The fraction of sp³-hybridized carbons (Fsp3) is 0.333. The van der Waals surface area contributed by atoms with Crippen molar-refractivity contribution in [1.82, 2.24) is 5.32 Å². The second-order valence-electron chi connectivity index (χ2n) is 5.45. The zero-order valence-corrected chi connectivity index (χ0v) is 12.6. The molecule has 0 aromatic heterocycles. The number of aryl methyl sites for hydroxylation is 1. The van der Waals surface area contributed by atoms with E-state index in [0.717, 1.165) is 17.7 Å². The second-order valence-corrected chi connectivity index (χ2v) is 5.45. The third kappa shape index (κ3) is 3.29. The Labute approximate surface area is 130 Å². The Hall–Kier alpha value is -1.91. The Bertz CT molecular complexity index is 591. The van der Waals surface area contributed by atoms with E-state index in [0.29, 0.717) is 18.9 Å². The zero-order chi connectivity index (χ0) is 15.4. The lowest BCUT2D eigenvalue weighted by atomic mass is 10.0. The molecule has 1 fully saturated rings. The van der Waals surface area contributed by atoms with E-state index in [1.165, 1.54) is 6.07 Å². The summed E-state index contributed by atoms with van der Waals surface area (Å²) in [5, 5.41) is 3.30. The van der Waals surface area contributed by atoms with Crippen LogP contribution in [0.5, 0.6) is 5.75 Å². The van der Waals surface area contributed by atoms with E-state index in [1.54, 1.807) is 6.07 Å². The number of ether oxygens (including phenoxy) is 2. The SMILES string of the molecule is Cc1cccc(F)c1O[C@@H](c1ccccc1)[C@@H]1CNCCO1. The highest BCUT2D eigenvalue weighted by atomic mass is 19.1. The van der Waals surface area contributed by atoms with Crippen LogP contribution in [0.1, 0.15) is 17.2 Å². The summed E-state index contributed by atoms with van der Waals surface area (Å²) in [7, 11) is 0. The van der Waals surface area contributed by atoms with Gasteiger partial charge in [-0.3, -0.25) is 0 Å². The van der Waals surface area contributed by atoms with Crippen molar-refractivity contribution < 1.29 is 13.9 Å². The first-order valence-electron chi connectivity index (χ1n) is 7.55. The first kappa shape index (κ1) is 15.0. The van der Waals surface area contributed by atoms with Gasteiger partial charge in [0, 0.05) is 13.1 Å². The first-order valence-corrected chi connectivity index (χ1v) is 7.55. The summed E-state index contributed by atoms with van der Waals surface area (Å²) in [6, 6.07) is 14.8. The monoisotopic (exact) mass is 301 g/mol. The molecule has 2 aromatic carbocycles. The van der Waals surface area contributed by atoms with Crippen molar-refractivity contribution >= 4 is 0 Å². The number of morpholine rings is 1. The molecule has 1 aliphatic heterocycles. The normalized spacial score (nSPS) is 19.6. The van der Waals surface area contributed by atoms with Gasteiger partial charge in [-0.1, -0.05) is 42.5 Å². The number of benzene rings is 2. The van der Waals surface area contributed by atoms with Gasteiger partial charge < -0.3 is 14.8 Å². The van der Waals surface area contributed by atoms with Crippen molar-refractivity contribution in [3.05, 3.63) is 65.5 Å². The molecule has 1 heterocycles. The molecule has 0 unspecified atom stereocenters. The summed E-state index contributed by atoms with van der Waals surface area (Å²) in [6.45, 7) is 4.00. The molecular formula is C18H20FNO2. The minimum absolute atomic E-state index is 0.143. The number of nitrogens with one attached hydrogen (secondary N) is 1. The summed E-state index contributed by atoms with van der Waals surface area (Å²) in [4.78, 5) is 0. The van der Waals surface area contributed by atoms with Gasteiger partial charge in [-0.2, -0.15) is 0 Å². The Morgan fingerprint density at radius 3 is 2.68 bits per heavy atom. The van der Waals surface area contributed by atoms with Crippen LogP contribution in [0.15, 0.2) is 48.5 Å². The van der Waals surface area contributed by atoms with Gasteiger partial charge in [0.15, 0.2) is 17.7 Å². The van der Waals surface area contributed by atoms with Gasteiger partial charge in [-0.25, -0.2) is 4.39 Å². The smallest absolute Gasteiger partial charge is 0.165 e. The van der Waals surface area contributed by atoms with E-state index in [1.807, 2.05) is 43.3 Å². The molecule has 0 spiro atoms. The molecule has 2 atom stereocenters. The fourth-order valence-electron chi connectivity index (χ4n) is 2.67. The van der Waals surface area contributed by atoms with E-state index in [9.17, 15) is 4.39 Å². The number of rotatable bonds is 4. The topological polar surface area (TPSA) is 30.5 Å². The van der Waals surface area contributed by atoms with E-state index in [4.69, 9.17) is 9.47 Å². The Balaban J connectivity index is 1.91. The van der Waals surface area contributed by atoms with Crippen LogP contribution in [0, 0.1) is 12.7 Å². The molecule has 1 aliphatic rings. The molecule has 0 saturated carbocycles. The summed E-state index contributed by atoms with van der Waals surface area (Å²) in [5.41, 5.74) is 1.77. The highest BCUT2D eigenvalue weighted by Crippen LogP contribution is 2.31. The minimum atomic E-state index is -0.343. The third-order valence-corrected chi connectivity index (χ3v) is 3.83. The molecule has 1 N–H and O–H groups in total. The highest BCUT2D eigenvalue weighted by Gasteiger charge is 2.29. The molecule has 3 rings (SSSR count). The molecule has 0 radical (unpaired) electrons. The van der Waals surface area contributed by atoms with Crippen molar-refractivity contribution in [3.63, 3.8) is 0 Å². The Morgan fingerprint density at radius 1 is 1.18 bits per heavy atom. The number of para-hydroxylation sites is 1. The van der Waals surface area contributed by atoms with Crippen LogP contribution in [0.2, 0.25) is 0 Å². The highest BCUT2D eigenvalue weighted by molar-refractivity contribution is 5.35. The van der Waals surface area contributed by atoms with Crippen LogP contribution in [0.25, 0.3) is 0 Å². The molecule has 22 heavy (non-hydrogen) atoms. The maximum absolute atomic E-state index is 14.1. The summed E-state index contributed by atoms with van der Waals surface area (Å²) in [5.74, 6) is -0.0461. The molecular weight excluding hydrogens is 281 g/mol. The van der Waals surface area contributed by atoms with E-state index in [-0.39, 0.29) is 18.0 Å². The van der Waals surface area contributed by atoms with Crippen LogP contribution >= 0.6 is 0 Å². The van der Waals surface area contributed by atoms with Crippen molar-refractivity contribution in [2.75, 3.05) is 19.7 Å². The van der Waals surface area contributed by atoms with Crippen LogP contribution in [0.4, 0.5) is 4.39 Å². The minimum Gasteiger partial charge on any atom is -0.480 e. The van der Waals surface area contributed by atoms with Crippen LogP contribution in [-0.4, -0.2) is 25.8 Å². The van der Waals surface area contributed by atoms with Crippen molar-refractivity contribution in [2.24, 2.45) is 0 Å². The predicted molar refractivity (Wildman–Crippen MR) is 83.6 cm³/mol. The lowest BCUT2D eigenvalue weighted by Gasteiger charge is -2.32. The van der Waals surface area contributed by atoms with Gasteiger partial charge in [-0.15, -0.1) is 0 Å². The van der Waals surface area contributed by atoms with Crippen LogP contribution in [-0.2, 0) is 4.74 Å². The average Bonchev–Trinajstić information content (AvgIpc) is 2.56. The maximum atomic E-state index is 14.1. The molecule has 1 saturated heterocycles. The number of halogens is 1. The van der Waals surface area contributed by atoms with Crippen molar-refractivity contribution in [2.45, 2.75) is 19.1 Å². The van der Waals surface area contributed by atoms with Gasteiger partial charge in [0.2, 0.25) is 0 Å². The molecule has 4 heteroatoms. The lowest BCUT2D eigenvalue weighted by molar-refractivity contribution is -0.0444. The third-order valence-electron chi connectivity index (χ3n) is 3.83. The van der Waals surface area contributed by atoms with E-state index < -0.39 is 0 Å². The molecule has 0 aliphatic carbocycles. The largest absolute Gasteiger partial charge is 0.480 e. The van der Waals surface area contributed by atoms with Gasteiger partial charge in [0.25, 0.3) is 0 Å². The van der Waals surface area contributed by atoms with Gasteiger partial charge in [0.1, 0.15) is 6.10 Å². The van der Waals surface area contributed by atoms with Crippen LogP contribution in [0.3, 0.4) is 0 Å². The first-order chi connectivity index (χ1) is 10.8. The summed E-state index contributed by atoms with van der Waals surface area (Å²) >= 11 is 0. The summed E-state index contributed by atoms with van der Waals surface area (Å²) < 4.78 is 26.0. The zero-order valence-electron chi connectivity index (χ0n) is 12.6. The predicted octanol–water partition coefficient (Wildman–Crippen LogP) is 3.24. The number of hydrogen-bond acceptors (Lipinski definition) is 3. The Kier molecular flexibility index (Phi) is 4.71. The van der Waals surface area contributed by atoms with E-state index in [2.05, 4.69) is 5.32 Å². The van der Waals surface area contributed by atoms with Crippen molar-refractivity contribution in [1.29, 1.82) is 0 Å². The van der Waals surface area contributed by atoms with Gasteiger partial charge in [-0.05, 0) is 24.1 Å². The van der Waals surface area contributed by atoms with Crippen LogP contribution < -0.4 is 10.1 Å². The fourth-order valence-corrected chi connectivity index (χ4v) is 2.67. The standard InChI is InChI=1S/C18H20FNO2/c1-13-6-5-9-15(19)17(13)22-18(14-7-3-2-4-8-14)16-12-20-10-11-21-16/h2-9,16,18,20H,10-12H2,1H3/t16-,18-/m0/s1. The summed E-state index contributed by atoms with van der Waals surface area (Å²) in [6.07, 6.45) is -0.486. The maximum Gasteiger partial charge on any atom is 0.165 e. The van der Waals surface area contributed by atoms with Crippen molar-refractivity contribution in [3.8, 4) is 5.75 Å². The number of hydrogen-bond donors (Lipinski definition) is 1. The molecule has 116 valence electrons. The molecule has 3 nitrogen and oxygen atoms in total. The van der Waals surface area contributed by atoms with Gasteiger partial charge >= 0.3 is 0 Å². The quantitative estimate of drug-likeness (QED) is 0.940. The molecule has 0 bridgehead atoms. The molecule has 2 aromatic rings. The molecule has 0 amide bonds. The lowest BCUT2D eigenvalue weighted by Crippen LogP contribution is -2.43.